The molecule has 0 saturated carbocycles. The normalized spacial score (nSPS) is 19.2. The zero-order valence-corrected chi connectivity index (χ0v) is 12.3. The molecule has 1 aromatic rings. The molecule has 0 amide bonds. The van der Waals surface area contributed by atoms with Crippen LogP contribution < -0.4 is 5.73 Å². The molecule has 18 heavy (non-hydrogen) atoms. The van der Waals surface area contributed by atoms with Crippen LogP contribution in [0.15, 0.2) is 18.2 Å². The van der Waals surface area contributed by atoms with Gasteiger partial charge in [-0.3, -0.25) is 0 Å². The van der Waals surface area contributed by atoms with Crippen molar-refractivity contribution in [2.24, 2.45) is 5.73 Å². The summed E-state index contributed by atoms with van der Waals surface area (Å²) in [4.78, 5) is 2.38. The smallest absolute Gasteiger partial charge is 0.0444 e. The van der Waals surface area contributed by atoms with E-state index in [1.807, 2.05) is 19.9 Å². The number of hydrogen-bond donors (Lipinski definition) is 1. The van der Waals surface area contributed by atoms with Crippen molar-refractivity contribution in [3.05, 3.63) is 34.3 Å². The van der Waals surface area contributed by atoms with Crippen molar-refractivity contribution in [2.45, 2.75) is 38.1 Å². The standard InChI is InChI=1S/C15H23ClN2/c1-15(2,17)12-4-5-13(14(16)10-12)11-6-8-18(3)9-7-11/h4-5,10-11H,6-9,17H2,1-3H3. The van der Waals surface area contributed by atoms with Gasteiger partial charge in [-0.25, -0.2) is 0 Å². The highest BCUT2D eigenvalue weighted by molar-refractivity contribution is 6.31. The van der Waals surface area contributed by atoms with Crippen LogP contribution in [0.1, 0.15) is 43.7 Å². The van der Waals surface area contributed by atoms with Gasteiger partial charge in [0, 0.05) is 10.6 Å². The second kappa shape index (κ2) is 5.20. The van der Waals surface area contributed by atoms with Gasteiger partial charge < -0.3 is 10.6 Å². The third kappa shape index (κ3) is 3.05. The van der Waals surface area contributed by atoms with Crippen LogP contribution >= 0.6 is 11.6 Å². The quantitative estimate of drug-likeness (QED) is 0.890. The largest absolute Gasteiger partial charge is 0.322 e. The van der Waals surface area contributed by atoms with E-state index in [2.05, 4.69) is 24.1 Å². The molecule has 2 rings (SSSR count). The molecule has 1 aromatic carbocycles. The average Bonchev–Trinajstić information content (AvgIpc) is 2.29. The summed E-state index contributed by atoms with van der Waals surface area (Å²) in [5.41, 5.74) is 8.17. The van der Waals surface area contributed by atoms with Crippen LogP contribution in [0.25, 0.3) is 0 Å². The molecule has 0 spiro atoms. The van der Waals surface area contributed by atoms with Crippen molar-refractivity contribution in [1.82, 2.24) is 4.90 Å². The Balaban J connectivity index is 2.20. The maximum atomic E-state index is 6.44. The molecule has 0 bridgehead atoms. The Labute approximate surface area is 115 Å². The van der Waals surface area contributed by atoms with Gasteiger partial charge in [-0.1, -0.05) is 23.7 Å². The van der Waals surface area contributed by atoms with E-state index in [0.29, 0.717) is 5.92 Å². The first-order valence-corrected chi connectivity index (χ1v) is 7.03. The van der Waals surface area contributed by atoms with Gasteiger partial charge in [0.2, 0.25) is 0 Å². The molecule has 0 atom stereocenters. The maximum absolute atomic E-state index is 6.44. The maximum Gasteiger partial charge on any atom is 0.0444 e. The Morgan fingerprint density at radius 3 is 2.39 bits per heavy atom. The van der Waals surface area contributed by atoms with Crippen LogP contribution in [0.3, 0.4) is 0 Å². The third-order valence-electron chi connectivity index (χ3n) is 3.90. The van der Waals surface area contributed by atoms with Gasteiger partial charge in [0.15, 0.2) is 0 Å². The summed E-state index contributed by atoms with van der Waals surface area (Å²) in [6.07, 6.45) is 2.39. The Kier molecular flexibility index (Phi) is 4.00. The molecule has 1 saturated heterocycles. The van der Waals surface area contributed by atoms with Crippen molar-refractivity contribution in [1.29, 1.82) is 0 Å². The van der Waals surface area contributed by atoms with Crippen molar-refractivity contribution in [3.8, 4) is 0 Å². The van der Waals surface area contributed by atoms with E-state index in [1.54, 1.807) is 0 Å². The lowest BCUT2D eigenvalue weighted by Crippen LogP contribution is -2.30. The number of nitrogens with zero attached hydrogens (tertiary/aromatic N) is 1. The highest BCUT2D eigenvalue weighted by Crippen LogP contribution is 2.34. The number of hydrogen-bond acceptors (Lipinski definition) is 2. The minimum absolute atomic E-state index is 0.324. The van der Waals surface area contributed by atoms with E-state index in [0.717, 1.165) is 23.7 Å². The molecule has 1 aliphatic rings. The molecule has 0 aliphatic carbocycles. The highest BCUT2D eigenvalue weighted by Gasteiger charge is 2.22. The lowest BCUT2D eigenvalue weighted by molar-refractivity contribution is 0.255. The summed E-state index contributed by atoms with van der Waals surface area (Å²) >= 11 is 6.44. The molecule has 1 fully saturated rings. The van der Waals surface area contributed by atoms with Gasteiger partial charge >= 0.3 is 0 Å². The molecule has 0 radical (unpaired) electrons. The molecular formula is C15H23ClN2. The van der Waals surface area contributed by atoms with Crippen molar-refractivity contribution >= 4 is 11.6 Å². The van der Waals surface area contributed by atoms with Crippen LogP contribution in [-0.4, -0.2) is 25.0 Å². The summed E-state index contributed by atoms with van der Waals surface area (Å²) < 4.78 is 0. The Bertz CT molecular complexity index is 415. The molecular weight excluding hydrogens is 244 g/mol. The van der Waals surface area contributed by atoms with Gasteiger partial charge in [0.05, 0.1) is 0 Å². The minimum Gasteiger partial charge on any atom is -0.322 e. The summed E-state index contributed by atoms with van der Waals surface area (Å²) in [6, 6.07) is 6.33. The topological polar surface area (TPSA) is 29.3 Å². The van der Waals surface area contributed by atoms with Crippen LogP contribution in [0.5, 0.6) is 0 Å². The highest BCUT2D eigenvalue weighted by atomic mass is 35.5. The lowest BCUT2D eigenvalue weighted by Gasteiger charge is -2.30. The van der Waals surface area contributed by atoms with E-state index in [1.165, 1.54) is 18.4 Å². The molecule has 100 valence electrons. The first-order valence-electron chi connectivity index (χ1n) is 6.65. The predicted octanol–water partition coefficient (Wildman–Crippen LogP) is 3.34. The van der Waals surface area contributed by atoms with Crippen LogP contribution in [-0.2, 0) is 5.54 Å². The Morgan fingerprint density at radius 2 is 1.89 bits per heavy atom. The lowest BCUT2D eigenvalue weighted by atomic mass is 9.87. The number of likely N-dealkylation sites (tertiary alicyclic amines) is 1. The first kappa shape index (κ1) is 13.9. The molecule has 0 unspecified atom stereocenters. The summed E-state index contributed by atoms with van der Waals surface area (Å²) in [6.45, 7) is 6.33. The summed E-state index contributed by atoms with van der Waals surface area (Å²) in [5, 5.41) is 0.876. The Morgan fingerprint density at radius 1 is 1.28 bits per heavy atom. The van der Waals surface area contributed by atoms with Crippen LogP contribution in [0.4, 0.5) is 0 Å². The number of benzene rings is 1. The molecule has 3 heteroatoms. The fourth-order valence-electron chi connectivity index (χ4n) is 2.58. The van der Waals surface area contributed by atoms with Gasteiger partial charge in [0.25, 0.3) is 0 Å². The number of piperidine rings is 1. The van der Waals surface area contributed by atoms with E-state index in [-0.39, 0.29) is 5.54 Å². The van der Waals surface area contributed by atoms with Gasteiger partial charge in [-0.15, -0.1) is 0 Å². The van der Waals surface area contributed by atoms with E-state index >= 15 is 0 Å². The van der Waals surface area contributed by atoms with Crippen molar-refractivity contribution in [2.75, 3.05) is 20.1 Å². The molecule has 1 heterocycles. The van der Waals surface area contributed by atoms with Gasteiger partial charge in [-0.2, -0.15) is 0 Å². The molecule has 2 nitrogen and oxygen atoms in total. The zero-order chi connectivity index (χ0) is 13.3. The zero-order valence-electron chi connectivity index (χ0n) is 11.5. The van der Waals surface area contributed by atoms with Crippen LogP contribution in [0, 0.1) is 0 Å². The summed E-state index contributed by atoms with van der Waals surface area (Å²) in [5.74, 6) is 0.601. The first-order chi connectivity index (χ1) is 8.38. The predicted molar refractivity (Wildman–Crippen MR) is 78.1 cm³/mol. The van der Waals surface area contributed by atoms with Crippen molar-refractivity contribution in [3.63, 3.8) is 0 Å². The van der Waals surface area contributed by atoms with Crippen LogP contribution in [0.2, 0.25) is 5.02 Å². The average molecular weight is 267 g/mol. The van der Waals surface area contributed by atoms with Gasteiger partial charge in [0.1, 0.15) is 0 Å². The number of rotatable bonds is 2. The monoisotopic (exact) mass is 266 g/mol. The Hall–Kier alpha value is -0.570. The molecule has 1 aliphatic heterocycles. The second-order valence-electron chi connectivity index (χ2n) is 6.04. The second-order valence-corrected chi connectivity index (χ2v) is 6.44. The van der Waals surface area contributed by atoms with E-state index in [9.17, 15) is 0 Å². The van der Waals surface area contributed by atoms with Crippen molar-refractivity contribution < 1.29 is 0 Å². The van der Waals surface area contributed by atoms with Gasteiger partial charge in [-0.05, 0) is 69.9 Å². The van der Waals surface area contributed by atoms with E-state index < -0.39 is 0 Å². The SMILES string of the molecule is CN1CCC(c2ccc(C(C)(C)N)cc2Cl)CC1. The number of halogens is 1. The van der Waals surface area contributed by atoms with E-state index in [4.69, 9.17) is 17.3 Å². The molecule has 2 N–H and O–H groups in total. The fourth-order valence-corrected chi connectivity index (χ4v) is 2.91. The molecule has 0 aromatic heterocycles. The number of nitrogens with two attached hydrogens (primary N) is 1. The summed E-state index contributed by atoms with van der Waals surface area (Å²) in [7, 11) is 2.18. The minimum atomic E-state index is -0.324. The fraction of sp³-hybridized carbons (Fsp3) is 0.600. The third-order valence-corrected chi connectivity index (χ3v) is 4.23.